The molecular formula is C26H27FO4S. The van der Waals surface area contributed by atoms with Crippen LogP contribution in [0.15, 0.2) is 60.7 Å². The number of hydrogen-bond acceptors (Lipinski definition) is 4. The summed E-state index contributed by atoms with van der Waals surface area (Å²) in [5.41, 5.74) is 3.81. The van der Waals surface area contributed by atoms with Crippen LogP contribution in [0.2, 0.25) is 0 Å². The van der Waals surface area contributed by atoms with E-state index in [0.29, 0.717) is 0 Å². The van der Waals surface area contributed by atoms with Gasteiger partial charge in [-0.2, -0.15) is 0 Å². The Morgan fingerprint density at radius 2 is 1.69 bits per heavy atom. The van der Waals surface area contributed by atoms with Crippen LogP contribution in [0.25, 0.3) is 27.6 Å². The van der Waals surface area contributed by atoms with Crippen molar-refractivity contribution in [2.45, 2.75) is 44.8 Å². The predicted molar refractivity (Wildman–Crippen MR) is 127 cm³/mol. The number of rotatable bonds is 9. The van der Waals surface area contributed by atoms with E-state index in [1.165, 1.54) is 12.1 Å². The SMILES string of the molecule is CC(C)c1sc(-c2ccccc2)c(-c2ccc(F)cc2)c1C=CC(O)CC(O)CC(=O)O. The first-order valence-electron chi connectivity index (χ1n) is 10.5. The number of aliphatic carboxylic acids is 1. The second kappa shape index (κ2) is 10.7. The molecule has 32 heavy (non-hydrogen) atoms. The van der Waals surface area contributed by atoms with Gasteiger partial charge < -0.3 is 15.3 Å². The first-order chi connectivity index (χ1) is 15.3. The number of hydrogen-bond donors (Lipinski definition) is 3. The second-order valence-electron chi connectivity index (χ2n) is 8.03. The van der Waals surface area contributed by atoms with E-state index < -0.39 is 24.6 Å². The Balaban J connectivity index is 2.08. The maximum absolute atomic E-state index is 13.6. The quantitative estimate of drug-likeness (QED) is 0.374. The lowest BCUT2D eigenvalue weighted by Gasteiger charge is -2.12. The minimum absolute atomic E-state index is 0.0681. The summed E-state index contributed by atoms with van der Waals surface area (Å²) >= 11 is 1.67. The lowest BCUT2D eigenvalue weighted by Crippen LogP contribution is -2.19. The highest BCUT2D eigenvalue weighted by Crippen LogP contribution is 2.46. The predicted octanol–water partition coefficient (Wildman–Crippen LogP) is 5.94. The second-order valence-corrected chi connectivity index (χ2v) is 9.08. The molecule has 168 valence electrons. The van der Waals surface area contributed by atoms with E-state index in [4.69, 9.17) is 5.11 Å². The number of carboxylic acids is 1. The molecule has 2 atom stereocenters. The molecule has 0 aliphatic carbocycles. The van der Waals surface area contributed by atoms with Crippen LogP contribution >= 0.6 is 11.3 Å². The number of carbonyl (C=O) groups is 1. The zero-order valence-corrected chi connectivity index (χ0v) is 18.8. The van der Waals surface area contributed by atoms with Gasteiger partial charge >= 0.3 is 5.97 Å². The summed E-state index contributed by atoms with van der Waals surface area (Å²) in [5.74, 6) is -1.21. The largest absolute Gasteiger partial charge is 0.481 e. The third kappa shape index (κ3) is 5.91. The van der Waals surface area contributed by atoms with Crippen molar-refractivity contribution in [3.05, 3.63) is 76.9 Å². The van der Waals surface area contributed by atoms with E-state index in [-0.39, 0.29) is 18.2 Å². The van der Waals surface area contributed by atoms with E-state index >= 15 is 0 Å². The highest BCUT2D eigenvalue weighted by atomic mass is 32.1. The Hall–Kier alpha value is -2.80. The zero-order chi connectivity index (χ0) is 23.3. The van der Waals surface area contributed by atoms with E-state index in [9.17, 15) is 19.4 Å². The molecular weight excluding hydrogens is 427 g/mol. The van der Waals surface area contributed by atoms with Crippen molar-refractivity contribution in [3.63, 3.8) is 0 Å². The lowest BCUT2D eigenvalue weighted by atomic mass is 9.94. The number of halogens is 1. The van der Waals surface area contributed by atoms with E-state index in [1.54, 1.807) is 29.5 Å². The Bertz CT molecular complexity index is 1070. The highest BCUT2D eigenvalue weighted by molar-refractivity contribution is 7.16. The fraction of sp³-hybridized carbons (Fsp3) is 0.269. The molecule has 3 N–H and O–H groups in total. The summed E-state index contributed by atoms with van der Waals surface area (Å²) in [6, 6.07) is 16.3. The average Bonchev–Trinajstić information content (AvgIpc) is 3.12. The monoisotopic (exact) mass is 454 g/mol. The number of aliphatic hydroxyl groups excluding tert-OH is 2. The van der Waals surface area contributed by atoms with Crippen LogP contribution in [0.3, 0.4) is 0 Å². The van der Waals surface area contributed by atoms with Gasteiger partial charge in [-0.25, -0.2) is 4.39 Å². The molecule has 0 bridgehead atoms. The summed E-state index contributed by atoms with van der Waals surface area (Å²) in [6.45, 7) is 4.19. The van der Waals surface area contributed by atoms with Crippen molar-refractivity contribution in [2.24, 2.45) is 0 Å². The Morgan fingerprint density at radius 1 is 1.03 bits per heavy atom. The summed E-state index contributed by atoms with van der Waals surface area (Å²) in [6.07, 6.45) is 0.804. The van der Waals surface area contributed by atoms with E-state index in [1.807, 2.05) is 36.4 Å². The fourth-order valence-electron chi connectivity index (χ4n) is 3.60. The number of aliphatic hydroxyl groups is 2. The van der Waals surface area contributed by atoms with Gasteiger partial charge in [0.05, 0.1) is 18.6 Å². The van der Waals surface area contributed by atoms with Crippen LogP contribution in [0, 0.1) is 5.82 Å². The van der Waals surface area contributed by atoms with Crippen LogP contribution in [0.5, 0.6) is 0 Å². The lowest BCUT2D eigenvalue weighted by molar-refractivity contribution is -0.139. The van der Waals surface area contributed by atoms with Gasteiger partial charge in [0.2, 0.25) is 0 Å². The number of thiophene rings is 1. The van der Waals surface area contributed by atoms with Gasteiger partial charge in [0.1, 0.15) is 5.82 Å². The standard InChI is InChI=1S/C26H27FO4S/c1-16(2)25-22(13-12-20(28)14-21(29)15-23(30)31)24(17-8-10-19(27)11-9-17)26(32-25)18-6-4-3-5-7-18/h3-13,16,20-21,28-29H,14-15H2,1-2H3,(H,30,31). The van der Waals surface area contributed by atoms with Crippen LogP contribution in [0.1, 0.15) is 43.0 Å². The minimum Gasteiger partial charge on any atom is -0.481 e. The average molecular weight is 455 g/mol. The highest BCUT2D eigenvalue weighted by Gasteiger charge is 2.21. The Kier molecular flexibility index (Phi) is 7.96. The first-order valence-corrected chi connectivity index (χ1v) is 11.3. The Morgan fingerprint density at radius 3 is 2.28 bits per heavy atom. The summed E-state index contributed by atoms with van der Waals surface area (Å²) < 4.78 is 13.6. The Labute approximate surface area is 191 Å². The van der Waals surface area contributed by atoms with E-state index in [2.05, 4.69) is 13.8 Å². The van der Waals surface area contributed by atoms with Crippen molar-refractivity contribution in [1.82, 2.24) is 0 Å². The van der Waals surface area contributed by atoms with Crippen molar-refractivity contribution in [3.8, 4) is 21.6 Å². The summed E-state index contributed by atoms with van der Waals surface area (Å²) in [5, 5.41) is 29.0. The van der Waals surface area contributed by atoms with Crippen molar-refractivity contribution < 1.29 is 24.5 Å². The fourth-order valence-corrected chi connectivity index (χ4v) is 4.92. The first kappa shape index (κ1) is 23.9. The molecule has 2 unspecified atom stereocenters. The topological polar surface area (TPSA) is 77.8 Å². The molecule has 0 aliphatic heterocycles. The van der Waals surface area contributed by atoms with Gasteiger partial charge in [0.15, 0.2) is 0 Å². The van der Waals surface area contributed by atoms with Gasteiger partial charge in [-0.1, -0.05) is 68.5 Å². The van der Waals surface area contributed by atoms with Crippen LogP contribution in [-0.2, 0) is 4.79 Å². The number of carboxylic acid groups (broad SMARTS) is 1. The third-order valence-electron chi connectivity index (χ3n) is 5.08. The normalized spacial score (nSPS) is 13.6. The van der Waals surface area contributed by atoms with Gasteiger partial charge in [-0.05, 0) is 34.7 Å². The molecule has 3 aromatic rings. The van der Waals surface area contributed by atoms with Gasteiger partial charge in [-0.3, -0.25) is 4.79 Å². The molecule has 0 amide bonds. The summed E-state index contributed by atoms with van der Waals surface area (Å²) in [4.78, 5) is 12.9. The maximum Gasteiger partial charge on any atom is 0.305 e. The van der Waals surface area contributed by atoms with Crippen molar-refractivity contribution in [1.29, 1.82) is 0 Å². The molecule has 4 nitrogen and oxygen atoms in total. The minimum atomic E-state index is -1.13. The van der Waals surface area contributed by atoms with Gasteiger partial charge in [-0.15, -0.1) is 11.3 Å². The molecule has 0 aliphatic rings. The molecule has 2 aromatic carbocycles. The van der Waals surface area contributed by atoms with Gasteiger partial charge in [0, 0.05) is 21.7 Å². The molecule has 1 aromatic heterocycles. The maximum atomic E-state index is 13.6. The van der Waals surface area contributed by atoms with Crippen LogP contribution < -0.4 is 0 Å². The third-order valence-corrected chi connectivity index (χ3v) is 6.63. The molecule has 0 spiro atoms. The molecule has 6 heteroatoms. The summed E-state index contributed by atoms with van der Waals surface area (Å²) in [7, 11) is 0. The van der Waals surface area contributed by atoms with Crippen LogP contribution in [-0.4, -0.2) is 33.5 Å². The van der Waals surface area contributed by atoms with Crippen LogP contribution in [0.4, 0.5) is 4.39 Å². The molecule has 3 rings (SSSR count). The zero-order valence-electron chi connectivity index (χ0n) is 18.0. The molecule has 0 radical (unpaired) electrons. The van der Waals surface area contributed by atoms with E-state index in [0.717, 1.165) is 32.0 Å². The molecule has 1 heterocycles. The smallest absolute Gasteiger partial charge is 0.305 e. The molecule has 0 saturated heterocycles. The molecule has 0 saturated carbocycles. The van der Waals surface area contributed by atoms with Gasteiger partial charge in [0.25, 0.3) is 0 Å². The number of benzene rings is 2. The van der Waals surface area contributed by atoms with Crippen molar-refractivity contribution >= 4 is 23.4 Å². The van der Waals surface area contributed by atoms with Crippen molar-refractivity contribution in [2.75, 3.05) is 0 Å². The molecule has 0 fully saturated rings.